The van der Waals surface area contributed by atoms with Crippen LogP contribution in [-0.4, -0.2) is 45.1 Å². The Labute approximate surface area is 190 Å². The van der Waals surface area contributed by atoms with Crippen molar-refractivity contribution in [3.63, 3.8) is 0 Å². The van der Waals surface area contributed by atoms with Crippen molar-refractivity contribution in [2.24, 2.45) is 5.92 Å². The third-order valence-electron chi connectivity index (χ3n) is 6.90. The molecule has 33 heavy (non-hydrogen) atoms. The van der Waals surface area contributed by atoms with Gasteiger partial charge in [0.2, 0.25) is 0 Å². The zero-order valence-corrected chi connectivity index (χ0v) is 18.9. The molecule has 2 aliphatic rings. The Morgan fingerprint density at radius 1 is 1.18 bits per heavy atom. The van der Waals surface area contributed by atoms with E-state index in [1.807, 2.05) is 29.3 Å². The summed E-state index contributed by atoms with van der Waals surface area (Å²) in [5.74, 6) is 0.708. The second-order valence-corrected chi connectivity index (χ2v) is 9.25. The minimum absolute atomic E-state index is 0.0251. The van der Waals surface area contributed by atoms with Gasteiger partial charge in [0.15, 0.2) is 0 Å². The molecule has 2 aliphatic heterocycles. The summed E-state index contributed by atoms with van der Waals surface area (Å²) in [4.78, 5) is 38.8. The van der Waals surface area contributed by atoms with Crippen molar-refractivity contribution < 1.29 is 14.5 Å². The van der Waals surface area contributed by atoms with E-state index in [2.05, 4.69) is 18.4 Å². The highest BCUT2D eigenvalue weighted by atomic mass is 16.6. The zero-order valence-electron chi connectivity index (χ0n) is 18.9. The highest BCUT2D eigenvalue weighted by Crippen LogP contribution is 2.37. The molecular formula is C24H26N4O5. The molecule has 9 heteroatoms. The van der Waals surface area contributed by atoms with Gasteiger partial charge in [-0.25, -0.2) is 0 Å². The fourth-order valence-corrected chi connectivity index (χ4v) is 5.37. The first-order valence-corrected chi connectivity index (χ1v) is 11.1. The molecule has 0 spiro atoms. The lowest BCUT2D eigenvalue weighted by Crippen LogP contribution is -2.49. The molecule has 9 nitrogen and oxygen atoms in total. The van der Waals surface area contributed by atoms with Gasteiger partial charge in [0.05, 0.1) is 17.6 Å². The highest BCUT2D eigenvalue weighted by molar-refractivity contribution is 6.07. The number of piperidine rings is 1. The largest absolute Gasteiger partial charge is 0.497 e. The van der Waals surface area contributed by atoms with Crippen molar-refractivity contribution in [3.8, 4) is 5.75 Å². The van der Waals surface area contributed by atoms with Gasteiger partial charge in [0.25, 0.3) is 5.91 Å². The maximum Gasteiger partial charge on any atom is 0.334 e. The van der Waals surface area contributed by atoms with Gasteiger partial charge in [0, 0.05) is 60.5 Å². The molecule has 1 fully saturated rings. The molecule has 0 radical (unpaired) electrons. The highest BCUT2D eigenvalue weighted by Gasteiger charge is 2.38. The fourth-order valence-electron chi connectivity index (χ4n) is 5.37. The molecule has 0 saturated carbocycles. The van der Waals surface area contributed by atoms with Crippen LogP contribution in [0.2, 0.25) is 0 Å². The second-order valence-electron chi connectivity index (χ2n) is 9.25. The Kier molecular flexibility index (Phi) is 4.99. The van der Waals surface area contributed by atoms with E-state index in [1.165, 1.54) is 10.6 Å². The summed E-state index contributed by atoms with van der Waals surface area (Å²) in [7, 11) is 1.61. The Bertz CT molecular complexity index is 1340. The van der Waals surface area contributed by atoms with E-state index in [0.717, 1.165) is 23.0 Å². The lowest BCUT2D eigenvalue weighted by Gasteiger charge is -2.42. The predicted molar refractivity (Wildman–Crippen MR) is 123 cm³/mol. The predicted octanol–water partition coefficient (Wildman–Crippen LogP) is 3.56. The van der Waals surface area contributed by atoms with Gasteiger partial charge >= 0.3 is 11.2 Å². The van der Waals surface area contributed by atoms with Gasteiger partial charge in [-0.3, -0.25) is 19.7 Å². The van der Waals surface area contributed by atoms with E-state index in [0.29, 0.717) is 30.9 Å². The molecule has 2 bridgehead atoms. The van der Waals surface area contributed by atoms with Crippen LogP contribution in [0.5, 0.6) is 5.75 Å². The quantitative estimate of drug-likeness (QED) is 0.447. The van der Waals surface area contributed by atoms with E-state index in [9.17, 15) is 19.7 Å². The van der Waals surface area contributed by atoms with Crippen molar-refractivity contribution in [2.75, 3.05) is 20.2 Å². The number of ether oxygens (including phenoxy) is 1. The molecule has 0 N–H and O–H groups in total. The monoisotopic (exact) mass is 450 g/mol. The Morgan fingerprint density at radius 2 is 1.97 bits per heavy atom. The first kappa shape index (κ1) is 21.2. The number of carbonyl (C=O) groups excluding carboxylic acids is 1. The van der Waals surface area contributed by atoms with Gasteiger partial charge in [-0.1, -0.05) is 0 Å². The van der Waals surface area contributed by atoms with E-state index < -0.39 is 16.2 Å². The number of rotatable bonds is 4. The van der Waals surface area contributed by atoms with E-state index in [4.69, 9.17) is 4.74 Å². The van der Waals surface area contributed by atoms with Gasteiger partial charge in [0.1, 0.15) is 5.75 Å². The number of likely N-dealkylation sites (tertiary alicyclic amines) is 1. The molecule has 4 heterocycles. The summed E-state index contributed by atoms with van der Waals surface area (Å²) < 4.78 is 9.03. The van der Waals surface area contributed by atoms with E-state index in [1.54, 1.807) is 13.2 Å². The molecule has 0 unspecified atom stereocenters. The van der Waals surface area contributed by atoms with Crippen LogP contribution in [0.4, 0.5) is 5.69 Å². The minimum atomic E-state index is -0.630. The molecule has 5 rings (SSSR count). The normalized spacial score (nSPS) is 19.6. The summed E-state index contributed by atoms with van der Waals surface area (Å²) in [6, 6.07) is 8.93. The van der Waals surface area contributed by atoms with Crippen LogP contribution in [0.25, 0.3) is 10.9 Å². The van der Waals surface area contributed by atoms with Crippen molar-refractivity contribution >= 4 is 22.5 Å². The molecule has 1 amide bonds. The molecule has 172 valence electrons. The number of hydrogen-bond acceptors (Lipinski definition) is 5. The lowest BCUT2D eigenvalue weighted by molar-refractivity contribution is -0.386. The lowest BCUT2D eigenvalue weighted by atomic mass is 9.83. The van der Waals surface area contributed by atoms with Crippen LogP contribution in [0, 0.1) is 16.0 Å². The van der Waals surface area contributed by atoms with Gasteiger partial charge in [-0.15, -0.1) is 0 Å². The third kappa shape index (κ3) is 3.39. The number of nitrogens with zero attached hydrogens (tertiary/aromatic N) is 4. The maximum atomic E-state index is 13.7. The maximum absolute atomic E-state index is 13.7. The van der Waals surface area contributed by atoms with Gasteiger partial charge < -0.3 is 18.8 Å². The molecule has 1 aromatic carbocycles. The average Bonchev–Trinajstić information content (AvgIpc) is 3.18. The second kappa shape index (κ2) is 7.75. The Hall–Kier alpha value is -3.62. The number of amides is 1. The van der Waals surface area contributed by atoms with Crippen LogP contribution in [0.1, 0.15) is 48.3 Å². The van der Waals surface area contributed by atoms with Crippen molar-refractivity contribution in [3.05, 3.63) is 68.3 Å². The first-order chi connectivity index (χ1) is 15.8. The smallest absolute Gasteiger partial charge is 0.334 e. The van der Waals surface area contributed by atoms with Crippen molar-refractivity contribution in [2.45, 2.75) is 38.8 Å². The summed E-state index contributed by atoms with van der Waals surface area (Å²) >= 11 is 0. The number of pyridine rings is 1. The van der Waals surface area contributed by atoms with Crippen molar-refractivity contribution in [1.82, 2.24) is 14.0 Å². The molecule has 2 aromatic heterocycles. The van der Waals surface area contributed by atoms with Crippen LogP contribution in [0.15, 0.2) is 41.3 Å². The van der Waals surface area contributed by atoms with Crippen LogP contribution in [0.3, 0.4) is 0 Å². The Balaban J connectivity index is 1.51. The Morgan fingerprint density at radius 3 is 2.67 bits per heavy atom. The molecule has 1 saturated heterocycles. The topological polar surface area (TPSA) is 99.6 Å². The van der Waals surface area contributed by atoms with Gasteiger partial charge in [-0.05, 0) is 50.5 Å². The standard InChI is InChI=1S/C24H26N4O5/c1-14(2)26-13-19(18-9-17(33-3)4-5-21(18)26)23(29)25-10-15-8-16(12-25)20-6-7-22(28(31)32)24(30)27(20)11-15/h4-7,9,13-16H,8,10-12H2,1-3H3/t15-,16+/m1/s1. The number of nitro groups is 1. The SMILES string of the molecule is COc1ccc2c(c1)c(C(=O)N1C[C@H]3C[C@@H](C1)c1ccc([N+](=O)[O-])c(=O)n1C3)cn2C(C)C. The number of fused-ring (bicyclic) bond motifs is 5. The third-order valence-corrected chi connectivity index (χ3v) is 6.90. The molecule has 0 aliphatic carbocycles. The molecule has 2 atom stereocenters. The van der Waals surface area contributed by atoms with E-state index >= 15 is 0 Å². The van der Waals surface area contributed by atoms with Crippen LogP contribution in [-0.2, 0) is 6.54 Å². The number of aromatic nitrogens is 2. The summed E-state index contributed by atoms with van der Waals surface area (Å²) in [5, 5.41) is 12.0. The first-order valence-electron chi connectivity index (χ1n) is 11.1. The van der Waals surface area contributed by atoms with Gasteiger partial charge in [-0.2, -0.15) is 0 Å². The van der Waals surface area contributed by atoms with Crippen LogP contribution >= 0.6 is 0 Å². The number of hydrogen-bond donors (Lipinski definition) is 0. The number of carbonyl (C=O) groups is 1. The average molecular weight is 450 g/mol. The minimum Gasteiger partial charge on any atom is -0.497 e. The molecule has 3 aromatic rings. The number of methoxy groups -OCH3 is 1. The summed E-state index contributed by atoms with van der Waals surface area (Å²) in [5.41, 5.74) is 1.43. The summed E-state index contributed by atoms with van der Waals surface area (Å²) in [6.07, 6.45) is 2.78. The zero-order chi connectivity index (χ0) is 23.4. The van der Waals surface area contributed by atoms with E-state index in [-0.39, 0.29) is 23.8 Å². The number of benzene rings is 1. The van der Waals surface area contributed by atoms with Crippen molar-refractivity contribution in [1.29, 1.82) is 0 Å². The molecular weight excluding hydrogens is 424 g/mol. The fraction of sp³-hybridized carbons (Fsp3) is 0.417. The summed E-state index contributed by atoms with van der Waals surface area (Å²) in [6.45, 7) is 5.54. The van der Waals surface area contributed by atoms with Crippen LogP contribution < -0.4 is 10.3 Å².